The van der Waals surface area contributed by atoms with Crippen LogP contribution >= 0.6 is 0 Å². The minimum atomic E-state index is -0.220. The highest BCUT2D eigenvalue weighted by atomic mass is 16.7. The fourth-order valence-corrected chi connectivity index (χ4v) is 11.7. The summed E-state index contributed by atoms with van der Waals surface area (Å²) in [6.07, 6.45) is 12.8. The van der Waals surface area contributed by atoms with Crippen molar-refractivity contribution in [2.45, 2.75) is 90.4 Å². The average molecular weight is 373 g/mol. The van der Waals surface area contributed by atoms with Crippen molar-refractivity contribution >= 4 is 0 Å². The molecule has 3 nitrogen and oxygen atoms in total. The molecule has 0 radical (unpaired) electrons. The van der Waals surface area contributed by atoms with Crippen LogP contribution in [0.15, 0.2) is 0 Å². The molecule has 150 valence electrons. The van der Waals surface area contributed by atoms with E-state index in [0.717, 1.165) is 38.1 Å². The molecule has 0 N–H and O–H groups in total. The van der Waals surface area contributed by atoms with Crippen LogP contribution in [0.4, 0.5) is 0 Å². The normalized spacial score (nSPS) is 63.9. The Kier molecular flexibility index (Phi) is 2.76. The summed E-state index contributed by atoms with van der Waals surface area (Å²) >= 11 is 0. The Morgan fingerprint density at radius 1 is 0.926 bits per heavy atom. The molecule has 6 saturated carbocycles. The monoisotopic (exact) mass is 372 g/mol. The van der Waals surface area contributed by atoms with Crippen molar-refractivity contribution in [3.8, 4) is 0 Å². The van der Waals surface area contributed by atoms with Crippen LogP contribution in [0.5, 0.6) is 0 Å². The lowest BCUT2D eigenvalue weighted by molar-refractivity contribution is -0.402. The molecule has 0 aromatic carbocycles. The molecule has 8 atom stereocenters. The second-order valence-corrected chi connectivity index (χ2v) is 11.8. The van der Waals surface area contributed by atoms with Gasteiger partial charge in [-0.3, -0.25) is 0 Å². The van der Waals surface area contributed by atoms with Crippen LogP contribution < -0.4 is 0 Å². The van der Waals surface area contributed by atoms with Crippen molar-refractivity contribution in [1.82, 2.24) is 0 Å². The zero-order chi connectivity index (χ0) is 18.3. The number of hydrogen-bond donors (Lipinski definition) is 0. The molecule has 1 saturated heterocycles. The highest BCUT2D eigenvalue weighted by Crippen LogP contribution is 3.08. The van der Waals surface area contributed by atoms with Gasteiger partial charge in [0.15, 0.2) is 5.79 Å². The topological polar surface area (TPSA) is 27.7 Å². The zero-order valence-electron chi connectivity index (χ0n) is 17.4. The van der Waals surface area contributed by atoms with E-state index in [4.69, 9.17) is 14.2 Å². The van der Waals surface area contributed by atoms with Gasteiger partial charge in [0.2, 0.25) is 0 Å². The molecular formula is C24H36O3. The van der Waals surface area contributed by atoms with Gasteiger partial charge in [0.05, 0.1) is 19.3 Å². The van der Waals surface area contributed by atoms with Crippen LogP contribution in [0.2, 0.25) is 0 Å². The fraction of sp³-hybridized carbons (Fsp3) is 1.00. The highest BCUT2D eigenvalue weighted by Gasteiger charge is 3.03. The molecule has 1 aliphatic heterocycles. The summed E-state index contributed by atoms with van der Waals surface area (Å²) in [5, 5.41) is 0. The van der Waals surface area contributed by atoms with Gasteiger partial charge in [0.25, 0.3) is 0 Å². The van der Waals surface area contributed by atoms with Gasteiger partial charge >= 0.3 is 0 Å². The van der Waals surface area contributed by atoms with E-state index in [0.29, 0.717) is 33.2 Å². The lowest BCUT2D eigenvalue weighted by Gasteiger charge is -2.85. The molecule has 0 bridgehead atoms. The van der Waals surface area contributed by atoms with Gasteiger partial charge in [-0.2, -0.15) is 0 Å². The third-order valence-electron chi connectivity index (χ3n) is 11.9. The van der Waals surface area contributed by atoms with E-state index in [2.05, 4.69) is 20.8 Å². The maximum Gasteiger partial charge on any atom is 0.169 e. The van der Waals surface area contributed by atoms with Gasteiger partial charge < -0.3 is 14.2 Å². The van der Waals surface area contributed by atoms with Crippen LogP contribution in [0, 0.1) is 38.9 Å². The molecule has 7 rings (SSSR count). The third kappa shape index (κ3) is 1.32. The van der Waals surface area contributed by atoms with Gasteiger partial charge in [-0.25, -0.2) is 0 Å². The molecular weight excluding hydrogens is 336 g/mol. The smallest absolute Gasteiger partial charge is 0.169 e. The van der Waals surface area contributed by atoms with E-state index in [-0.39, 0.29) is 5.79 Å². The largest absolute Gasteiger partial charge is 0.378 e. The first-order valence-corrected chi connectivity index (χ1v) is 11.9. The lowest BCUT2D eigenvalue weighted by atomic mass is 9.19. The molecule has 7 fully saturated rings. The minimum Gasteiger partial charge on any atom is -0.378 e. The van der Waals surface area contributed by atoms with E-state index in [9.17, 15) is 0 Å². The Morgan fingerprint density at radius 3 is 2.37 bits per heavy atom. The zero-order valence-corrected chi connectivity index (χ0v) is 17.4. The van der Waals surface area contributed by atoms with E-state index in [1.165, 1.54) is 51.4 Å². The number of hydrogen-bond acceptors (Lipinski definition) is 3. The van der Waals surface area contributed by atoms with Crippen LogP contribution in [-0.4, -0.2) is 31.7 Å². The van der Waals surface area contributed by atoms with Crippen LogP contribution in [-0.2, 0) is 14.2 Å². The number of rotatable bonds is 2. The second kappa shape index (κ2) is 4.47. The van der Waals surface area contributed by atoms with Gasteiger partial charge in [-0.15, -0.1) is 0 Å². The van der Waals surface area contributed by atoms with Gasteiger partial charge in [0, 0.05) is 19.4 Å². The number of ether oxygens (including phenoxy) is 3. The molecule has 27 heavy (non-hydrogen) atoms. The minimum absolute atomic E-state index is 0.220. The van der Waals surface area contributed by atoms with Crippen LogP contribution in [0.1, 0.15) is 78.6 Å². The molecule has 6 aliphatic carbocycles. The average Bonchev–Trinajstić information content (AvgIpc) is 2.87. The molecule has 0 aromatic heterocycles. The molecule has 0 aromatic rings. The molecule has 3 heteroatoms. The van der Waals surface area contributed by atoms with E-state index >= 15 is 0 Å². The lowest BCUT2D eigenvalue weighted by Crippen LogP contribution is -2.81. The SMILES string of the molecule is CCOC1CC[C@H]2C34CC[C@]35CC3(CC[C@]56CC46[C@@H](C)C[C@]12C)OCCO3. The Balaban J connectivity index is 1.34. The Morgan fingerprint density at radius 2 is 1.67 bits per heavy atom. The second-order valence-electron chi connectivity index (χ2n) is 11.8. The predicted molar refractivity (Wildman–Crippen MR) is 102 cm³/mol. The van der Waals surface area contributed by atoms with Gasteiger partial charge in [0.1, 0.15) is 0 Å². The molecule has 5 spiro atoms. The Hall–Kier alpha value is -0.120. The van der Waals surface area contributed by atoms with E-state index < -0.39 is 0 Å². The standard InChI is InChI=1S/C24H36O3/c1-4-25-18-6-5-17-19(18,3)13-16(2)24-15-21(24)7-9-22(26-11-12-27-22)14-20(21)8-10-23(17,20)24/h16-18H,4-15H2,1-3H3/t16-,17+,18?,19-,20+,21-,23?,24?/m0/s1. The first-order chi connectivity index (χ1) is 13.0. The summed E-state index contributed by atoms with van der Waals surface area (Å²) < 4.78 is 18.9. The van der Waals surface area contributed by atoms with Gasteiger partial charge in [-0.1, -0.05) is 13.8 Å². The fourth-order valence-electron chi connectivity index (χ4n) is 11.7. The first kappa shape index (κ1) is 16.7. The van der Waals surface area contributed by atoms with Crippen LogP contribution in [0.25, 0.3) is 0 Å². The quantitative estimate of drug-likeness (QED) is 0.688. The highest BCUT2D eigenvalue weighted by molar-refractivity contribution is 5.50. The van der Waals surface area contributed by atoms with Crippen molar-refractivity contribution in [2.24, 2.45) is 38.9 Å². The molecule has 1 heterocycles. The maximum absolute atomic E-state index is 6.36. The third-order valence-corrected chi connectivity index (χ3v) is 11.9. The molecule has 3 unspecified atom stereocenters. The van der Waals surface area contributed by atoms with Crippen molar-refractivity contribution < 1.29 is 14.2 Å². The summed E-state index contributed by atoms with van der Waals surface area (Å²) in [5.74, 6) is 1.52. The van der Waals surface area contributed by atoms with Crippen molar-refractivity contribution in [1.29, 1.82) is 0 Å². The Bertz CT molecular complexity index is 714. The molecule has 0 amide bonds. The van der Waals surface area contributed by atoms with E-state index in [1.54, 1.807) is 0 Å². The predicted octanol–water partition coefficient (Wildman–Crippen LogP) is 4.93. The maximum atomic E-state index is 6.36. The van der Waals surface area contributed by atoms with E-state index in [1.807, 2.05) is 0 Å². The van der Waals surface area contributed by atoms with Crippen LogP contribution in [0.3, 0.4) is 0 Å². The Labute approximate surface area is 163 Å². The summed E-state index contributed by atoms with van der Waals surface area (Å²) in [6.45, 7) is 9.91. The summed E-state index contributed by atoms with van der Waals surface area (Å²) in [7, 11) is 0. The first-order valence-electron chi connectivity index (χ1n) is 11.9. The van der Waals surface area contributed by atoms with Crippen molar-refractivity contribution in [3.63, 3.8) is 0 Å². The summed E-state index contributed by atoms with van der Waals surface area (Å²) in [6, 6.07) is 0. The van der Waals surface area contributed by atoms with Crippen molar-refractivity contribution in [2.75, 3.05) is 19.8 Å². The molecule has 7 aliphatic rings. The number of fused-ring (bicyclic) bond motifs is 1. The van der Waals surface area contributed by atoms with Gasteiger partial charge in [-0.05, 0) is 90.8 Å². The summed E-state index contributed by atoms with van der Waals surface area (Å²) in [4.78, 5) is 0. The van der Waals surface area contributed by atoms with Crippen molar-refractivity contribution in [3.05, 3.63) is 0 Å². The summed E-state index contributed by atoms with van der Waals surface area (Å²) in [5.41, 5.74) is 2.84.